The zero-order valence-electron chi connectivity index (χ0n) is 12.8. The minimum atomic E-state index is -4.69. The Balaban J connectivity index is 2.09. The number of rotatable bonds is 5. The van der Waals surface area contributed by atoms with Gasteiger partial charge in [0.25, 0.3) is 5.69 Å². The van der Waals surface area contributed by atoms with E-state index in [1.54, 1.807) is 17.5 Å². The van der Waals surface area contributed by atoms with E-state index in [0.29, 0.717) is 17.0 Å². The van der Waals surface area contributed by atoms with Crippen LogP contribution in [0.2, 0.25) is 0 Å². The van der Waals surface area contributed by atoms with E-state index >= 15 is 0 Å². The minimum Gasteiger partial charge on any atom is -0.378 e. The topological polar surface area (TPSA) is 86.5 Å². The standard InChI is InChI=1S/C16H9F2NO5S2/c17-10-3-5-13(18)16(8-10)26(22,23)24-14-6-4-11(19(20)21)9-12(14)15-2-1-7-25-15/h1-9H. The molecule has 0 saturated heterocycles. The van der Waals surface area contributed by atoms with E-state index < -0.39 is 31.6 Å². The molecule has 2 aromatic carbocycles. The molecule has 0 atom stereocenters. The van der Waals surface area contributed by atoms with Crippen LogP contribution < -0.4 is 4.18 Å². The number of halogens is 2. The molecule has 0 fully saturated rings. The average Bonchev–Trinajstić information content (AvgIpc) is 3.11. The van der Waals surface area contributed by atoms with Crippen molar-refractivity contribution in [1.29, 1.82) is 0 Å². The highest BCUT2D eigenvalue weighted by atomic mass is 32.2. The second-order valence-corrected chi connectivity index (χ2v) is 7.49. The molecule has 26 heavy (non-hydrogen) atoms. The number of hydrogen-bond acceptors (Lipinski definition) is 6. The summed E-state index contributed by atoms with van der Waals surface area (Å²) < 4.78 is 56.8. The molecular weight excluding hydrogens is 388 g/mol. The quantitative estimate of drug-likeness (QED) is 0.362. The molecular formula is C16H9F2NO5S2. The van der Waals surface area contributed by atoms with Gasteiger partial charge in [-0.25, -0.2) is 8.78 Å². The molecule has 0 bridgehead atoms. The van der Waals surface area contributed by atoms with Crippen LogP contribution in [0.5, 0.6) is 5.75 Å². The van der Waals surface area contributed by atoms with E-state index in [9.17, 15) is 27.3 Å². The normalized spacial score (nSPS) is 11.3. The molecule has 3 aromatic rings. The predicted molar refractivity (Wildman–Crippen MR) is 90.6 cm³/mol. The van der Waals surface area contributed by atoms with Crippen molar-refractivity contribution >= 4 is 27.1 Å². The Kier molecular flexibility index (Phi) is 4.70. The fraction of sp³-hybridized carbons (Fsp3) is 0. The lowest BCUT2D eigenvalue weighted by Crippen LogP contribution is -2.12. The largest absolute Gasteiger partial charge is 0.378 e. The van der Waals surface area contributed by atoms with Crippen molar-refractivity contribution in [1.82, 2.24) is 0 Å². The molecule has 0 spiro atoms. The first-order chi connectivity index (χ1) is 12.3. The highest BCUT2D eigenvalue weighted by Gasteiger charge is 2.25. The molecule has 134 valence electrons. The summed E-state index contributed by atoms with van der Waals surface area (Å²) >= 11 is 1.21. The number of non-ortho nitro benzene ring substituents is 1. The van der Waals surface area contributed by atoms with Gasteiger partial charge in [-0.15, -0.1) is 11.3 Å². The van der Waals surface area contributed by atoms with Crippen LogP contribution in [0.15, 0.2) is 58.8 Å². The van der Waals surface area contributed by atoms with Crippen molar-refractivity contribution < 1.29 is 26.3 Å². The van der Waals surface area contributed by atoms with Gasteiger partial charge in [-0.2, -0.15) is 8.42 Å². The molecule has 1 heterocycles. The molecule has 6 nitrogen and oxygen atoms in total. The van der Waals surface area contributed by atoms with E-state index in [2.05, 4.69) is 0 Å². The summed E-state index contributed by atoms with van der Waals surface area (Å²) in [6, 6.07) is 8.54. The van der Waals surface area contributed by atoms with Gasteiger partial charge in [0.15, 0.2) is 5.75 Å². The van der Waals surface area contributed by atoms with E-state index in [1.807, 2.05) is 0 Å². The number of nitro benzene ring substituents is 1. The molecule has 0 aliphatic heterocycles. The summed E-state index contributed by atoms with van der Waals surface area (Å²) in [7, 11) is -4.69. The maximum atomic E-state index is 13.8. The average molecular weight is 397 g/mol. The van der Waals surface area contributed by atoms with Gasteiger partial charge in [0.2, 0.25) is 0 Å². The van der Waals surface area contributed by atoms with Gasteiger partial charge in [0, 0.05) is 22.6 Å². The third kappa shape index (κ3) is 3.55. The molecule has 0 aliphatic carbocycles. The summed E-state index contributed by atoms with van der Waals surface area (Å²) in [4.78, 5) is 9.89. The van der Waals surface area contributed by atoms with Gasteiger partial charge >= 0.3 is 10.1 Å². The van der Waals surface area contributed by atoms with Crippen molar-refractivity contribution in [3.05, 3.63) is 75.7 Å². The molecule has 3 rings (SSSR count). The lowest BCUT2D eigenvalue weighted by molar-refractivity contribution is -0.384. The fourth-order valence-corrected chi connectivity index (χ4v) is 3.94. The molecule has 10 heteroatoms. The molecule has 1 aromatic heterocycles. The summed E-state index contributed by atoms with van der Waals surface area (Å²) in [6.07, 6.45) is 0. The molecule has 0 N–H and O–H groups in total. The van der Waals surface area contributed by atoms with Crippen molar-refractivity contribution in [3.63, 3.8) is 0 Å². The van der Waals surface area contributed by atoms with Gasteiger partial charge in [-0.3, -0.25) is 10.1 Å². The van der Waals surface area contributed by atoms with Crippen molar-refractivity contribution in [2.45, 2.75) is 4.90 Å². The van der Waals surface area contributed by atoms with Crippen LogP contribution in [0.1, 0.15) is 0 Å². The van der Waals surface area contributed by atoms with Crippen molar-refractivity contribution in [2.75, 3.05) is 0 Å². The third-order valence-electron chi connectivity index (χ3n) is 3.32. The zero-order valence-corrected chi connectivity index (χ0v) is 14.4. The maximum Gasteiger partial charge on any atom is 0.342 e. The Hall–Kier alpha value is -2.85. The van der Waals surface area contributed by atoms with Crippen molar-refractivity contribution in [3.8, 4) is 16.2 Å². The SMILES string of the molecule is O=[N+]([O-])c1ccc(OS(=O)(=O)c2cc(F)ccc2F)c(-c2cccs2)c1. The van der Waals surface area contributed by atoms with Crippen LogP contribution in [0.25, 0.3) is 10.4 Å². The Bertz CT molecular complexity index is 1080. The first kappa shape index (κ1) is 18.0. The molecule has 0 amide bonds. The highest BCUT2D eigenvalue weighted by Crippen LogP contribution is 2.37. The Morgan fingerprint density at radius 3 is 2.50 bits per heavy atom. The molecule has 0 saturated carbocycles. The van der Waals surface area contributed by atoms with E-state index in [0.717, 1.165) is 24.3 Å². The van der Waals surface area contributed by atoms with E-state index in [4.69, 9.17) is 4.18 Å². The van der Waals surface area contributed by atoms with E-state index in [-0.39, 0.29) is 17.0 Å². The monoisotopic (exact) mass is 397 g/mol. The van der Waals surface area contributed by atoms with Crippen LogP contribution in [-0.4, -0.2) is 13.3 Å². The smallest absolute Gasteiger partial charge is 0.342 e. The van der Waals surface area contributed by atoms with Crippen molar-refractivity contribution in [2.24, 2.45) is 0 Å². The first-order valence-electron chi connectivity index (χ1n) is 7.00. The van der Waals surface area contributed by atoms with Crippen LogP contribution in [-0.2, 0) is 10.1 Å². The second-order valence-electron chi connectivity index (χ2n) is 5.03. The van der Waals surface area contributed by atoms with Crippen LogP contribution in [0, 0.1) is 21.7 Å². The maximum absolute atomic E-state index is 13.8. The van der Waals surface area contributed by atoms with Gasteiger partial charge < -0.3 is 4.18 Å². The Morgan fingerprint density at radius 1 is 1.08 bits per heavy atom. The fourth-order valence-electron chi connectivity index (χ4n) is 2.16. The molecule has 0 radical (unpaired) electrons. The predicted octanol–water partition coefficient (Wildman–Crippen LogP) is 4.37. The first-order valence-corrected chi connectivity index (χ1v) is 9.28. The molecule has 0 aliphatic rings. The number of hydrogen-bond donors (Lipinski definition) is 0. The number of nitrogens with zero attached hydrogens (tertiary/aromatic N) is 1. The zero-order chi connectivity index (χ0) is 18.9. The van der Waals surface area contributed by atoms with Gasteiger partial charge in [-0.05, 0) is 35.7 Å². The van der Waals surface area contributed by atoms with Crippen LogP contribution >= 0.6 is 11.3 Å². The van der Waals surface area contributed by atoms with Gasteiger partial charge in [0.05, 0.1) is 4.92 Å². The summed E-state index contributed by atoms with van der Waals surface area (Å²) in [5.41, 5.74) is -0.121. The lowest BCUT2D eigenvalue weighted by atomic mass is 10.1. The Morgan fingerprint density at radius 2 is 1.85 bits per heavy atom. The molecule has 0 unspecified atom stereocenters. The Labute approximate surface area is 150 Å². The third-order valence-corrected chi connectivity index (χ3v) is 5.48. The summed E-state index contributed by atoms with van der Waals surface area (Å²) in [6.45, 7) is 0. The van der Waals surface area contributed by atoms with Gasteiger partial charge in [-0.1, -0.05) is 6.07 Å². The highest BCUT2D eigenvalue weighted by molar-refractivity contribution is 7.87. The van der Waals surface area contributed by atoms with Crippen LogP contribution in [0.4, 0.5) is 14.5 Å². The second kappa shape index (κ2) is 6.81. The van der Waals surface area contributed by atoms with Gasteiger partial charge in [0.1, 0.15) is 16.5 Å². The summed E-state index contributed by atoms with van der Waals surface area (Å²) in [5.74, 6) is -2.36. The summed E-state index contributed by atoms with van der Waals surface area (Å²) in [5, 5.41) is 12.7. The minimum absolute atomic E-state index is 0.148. The number of thiophene rings is 1. The van der Waals surface area contributed by atoms with E-state index in [1.165, 1.54) is 11.3 Å². The number of nitro groups is 1. The number of benzene rings is 2. The lowest BCUT2D eigenvalue weighted by Gasteiger charge is -2.11. The van der Waals surface area contributed by atoms with Crippen LogP contribution in [0.3, 0.4) is 0 Å².